The zero-order valence-electron chi connectivity index (χ0n) is 7.49. The fourth-order valence-corrected chi connectivity index (χ4v) is 0.673. The lowest BCUT2D eigenvalue weighted by molar-refractivity contribution is 0.207. The van der Waals surface area contributed by atoms with Gasteiger partial charge in [-0.15, -0.1) is 11.6 Å². The molecule has 3 heteroatoms. The molecule has 0 aliphatic carbocycles. The van der Waals surface area contributed by atoms with Gasteiger partial charge in [0.1, 0.15) is 0 Å². The Morgan fingerprint density at radius 3 is 2.85 bits per heavy atom. The van der Waals surface area contributed by atoms with Crippen LogP contribution >= 0.6 is 11.6 Å². The van der Waals surface area contributed by atoms with Crippen molar-refractivity contribution < 1.29 is 5.11 Å². The van der Waals surface area contributed by atoms with E-state index in [4.69, 9.17) is 16.7 Å². The summed E-state index contributed by atoms with van der Waals surface area (Å²) in [4.78, 5) is 3.95. The predicted octanol–water partition coefficient (Wildman–Crippen LogP) is 1.96. The molecule has 0 bridgehead atoms. The van der Waals surface area contributed by atoms with Crippen molar-refractivity contribution in [2.24, 2.45) is 4.99 Å². The lowest BCUT2D eigenvalue weighted by Gasteiger charge is -1.99. The molecule has 0 heterocycles. The zero-order valence-corrected chi connectivity index (χ0v) is 8.24. The van der Waals surface area contributed by atoms with Crippen LogP contribution in [0.2, 0.25) is 0 Å². The van der Waals surface area contributed by atoms with Gasteiger partial charge in [-0.05, 0) is 5.57 Å². The van der Waals surface area contributed by atoms with Crippen LogP contribution in [0, 0.1) is 0 Å². The van der Waals surface area contributed by atoms with E-state index >= 15 is 0 Å². The van der Waals surface area contributed by atoms with Crippen LogP contribution in [0.25, 0.3) is 0 Å². The van der Waals surface area contributed by atoms with E-state index in [1.807, 2.05) is 0 Å². The Bertz CT molecular complexity index is 221. The summed E-state index contributed by atoms with van der Waals surface area (Å²) >= 11 is 5.38. The highest BCUT2D eigenvalue weighted by Gasteiger charge is 1.97. The molecule has 0 saturated carbocycles. The Hall–Kier alpha value is -0.860. The van der Waals surface area contributed by atoms with Crippen LogP contribution in [0.5, 0.6) is 0 Å². The van der Waals surface area contributed by atoms with Crippen LogP contribution < -0.4 is 0 Å². The average molecular weight is 200 g/mol. The monoisotopic (exact) mass is 199 g/mol. The van der Waals surface area contributed by atoms with E-state index < -0.39 is 6.10 Å². The van der Waals surface area contributed by atoms with Gasteiger partial charge in [-0.25, -0.2) is 0 Å². The van der Waals surface area contributed by atoms with E-state index in [9.17, 15) is 0 Å². The fraction of sp³-hybridized carbons (Fsp3) is 0.300. The highest BCUT2D eigenvalue weighted by atomic mass is 35.5. The summed E-state index contributed by atoms with van der Waals surface area (Å²) in [5.74, 6) is 0.201. The summed E-state index contributed by atoms with van der Waals surface area (Å²) in [5.41, 5.74) is 0.765. The van der Waals surface area contributed by atoms with Crippen LogP contribution in [0.15, 0.2) is 42.0 Å². The Balaban J connectivity index is 3.77. The molecule has 0 saturated heterocycles. The topological polar surface area (TPSA) is 32.6 Å². The SMILES string of the molecule is C=C/C=C\C(=C)C=NCC(O)CCl. The van der Waals surface area contributed by atoms with Crippen molar-refractivity contribution in [3.05, 3.63) is 37.0 Å². The molecule has 0 amide bonds. The van der Waals surface area contributed by atoms with Crippen molar-refractivity contribution in [3.8, 4) is 0 Å². The molecule has 1 unspecified atom stereocenters. The molecular weight excluding hydrogens is 186 g/mol. The third-order valence-corrected chi connectivity index (χ3v) is 1.55. The van der Waals surface area contributed by atoms with Gasteiger partial charge in [0.15, 0.2) is 0 Å². The fourth-order valence-electron chi connectivity index (χ4n) is 0.575. The number of hydrogen-bond acceptors (Lipinski definition) is 2. The number of aliphatic imine (C=N–C) groups is 1. The van der Waals surface area contributed by atoms with Crippen molar-refractivity contribution >= 4 is 17.8 Å². The van der Waals surface area contributed by atoms with E-state index in [0.717, 1.165) is 5.57 Å². The van der Waals surface area contributed by atoms with Crippen molar-refractivity contribution in [2.45, 2.75) is 6.10 Å². The Morgan fingerprint density at radius 1 is 1.62 bits per heavy atom. The molecule has 0 spiro atoms. The summed E-state index contributed by atoms with van der Waals surface area (Å²) in [6.45, 7) is 7.55. The number of rotatable bonds is 6. The Labute approximate surface area is 83.9 Å². The predicted molar refractivity (Wildman–Crippen MR) is 58.6 cm³/mol. The van der Waals surface area contributed by atoms with Crippen LogP contribution in [0.3, 0.4) is 0 Å². The molecule has 1 atom stereocenters. The molecule has 0 aromatic heterocycles. The molecule has 13 heavy (non-hydrogen) atoms. The highest BCUT2D eigenvalue weighted by molar-refractivity contribution is 6.18. The van der Waals surface area contributed by atoms with Crippen molar-refractivity contribution in [3.63, 3.8) is 0 Å². The maximum Gasteiger partial charge on any atom is 0.0870 e. The summed E-state index contributed by atoms with van der Waals surface area (Å²) in [5, 5.41) is 9.04. The second-order valence-corrected chi connectivity index (χ2v) is 2.78. The first-order valence-corrected chi connectivity index (χ1v) is 4.46. The molecular formula is C10H14ClNO. The molecule has 0 aliphatic heterocycles. The van der Waals surface area contributed by atoms with E-state index in [1.165, 1.54) is 0 Å². The molecule has 1 N–H and O–H groups in total. The Morgan fingerprint density at radius 2 is 2.31 bits per heavy atom. The van der Waals surface area contributed by atoms with Gasteiger partial charge in [0.25, 0.3) is 0 Å². The van der Waals surface area contributed by atoms with E-state index in [2.05, 4.69) is 18.2 Å². The zero-order chi connectivity index (χ0) is 10.1. The van der Waals surface area contributed by atoms with E-state index in [0.29, 0.717) is 6.54 Å². The lowest BCUT2D eigenvalue weighted by atomic mass is 10.3. The van der Waals surface area contributed by atoms with Crippen LogP contribution in [-0.4, -0.2) is 29.8 Å². The number of alkyl halides is 1. The molecule has 72 valence electrons. The number of aliphatic hydroxyl groups excluding tert-OH is 1. The van der Waals surface area contributed by atoms with Gasteiger partial charge in [0, 0.05) is 6.21 Å². The summed E-state index contributed by atoms with van der Waals surface area (Å²) < 4.78 is 0. The standard InChI is InChI=1S/C10H14ClNO/c1-3-4-5-9(2)7-12-8-10(13)6-11/h3-5,7,10,13H,1-2,6,8H2/b5-4-,12-7?. The lowest BCUT2D eigenvalue weighted by Crippen LogP contribution is -2.12. The molecule has 0 aromatic carbocycles. The summed E-state index contributed by atoms with van der Waals surface area (Å²) in [7, 11) is 0. The minimum absolute atomic E-state index is 0.201. The van der Waals surface area contributed by atoms with E-state index in [1.54, 1.807) is 24.4 Å². The summed E-state index contributed by atoms with van der Waals surface area (Å²) in [6.07, 6.45) is 6.23. The van der Waals surface area contributed by atoms with Crippen LogP contribution in [-0.2, 0) is 0 Å². The molecule has 0 fully saturated rings. The van der Waals surface area contributed by atoms with Crippen molar-refractivity contribution in [1.82, 2.24) is 0 Å². The Kier molecular flexibility index (Phi) is 7.26. The first-order chi connectivity index (χ1) is 6.20. The third kappa shape index (κ3) is 7.50. The maximum atomic E-state index is 9.04. The second kappa shape index (κ2) is 7.77. The van der Waals surface area contributed by atoms with Gasteiger partial charge >= 0.3 is 0 Å². The minimum Gasteiger partial charge on any atom is -0.390 e. The largest absolute Gasteiger partial charge is 0.390 e. The number of allylic oxidation sites excluding steroid dienone is 4. The van der Waals surface area contributed by atoms with Gasteiger partial charge in [-0.1, -0.05) is 31.4 Å². The third-order valence-electron chi connectivity index (χ3n) is 1.20. The van der Waals surface area contributed by atoms with Gasteiger partial charge in [0.2, 0.25) is 0 Å². The van der Waals surface area contributed by atoms with E-state index in [-0.39, 0.29) is 5.88 Å². The van der Waals surface area contributed by atoms with Crippen molar-refractivity contribution in [2.75, 3.05) is 12.4 Å². The second-order valence-electron chi connectivity index (χ2n) is 2.47. The normalized spacial score (nSPS) is 13.7. The number of halogens is 1. The van der Waals surface area contributed by atoms with Gasteiger partial charge in [-0.2, -0.15) is 0 Å². The first-order valence-electron chi connectivity index (χ1n) is 3.92. The number of hydrogen-bond donors (Lipinski definition) is 1. The maximum absolute atomic E-state index is 9.04. The van der Waals surface area contributed by atoms with Gasteiger partial charge < -0.3 is 5.11 Å². The van der Waals surface area contributed by atoms with Crippen LogP contribution in [0.1, 0.15) is 0 Å². The van der Waals surface area contributed by atoms with Crippen LogP contribution in [0.4, 0.5) is 0 Å². The first kappa shape index (κ1) is 12.1. The molecule has 2 nitrogen and oxygen atoms in total. The molecule has 0 radical (unpaired) electrons. The van der Waals surface area contributed by atoms with Gasteiger partial charge in [0.05, 0.1) is 18.5 Å². The molecule has 0 aliphatic rings. The highest BCUT2D eigenvalue weighted by Crippen LogP contribution is 1.91. The summed E-state index contributed by atoms with van der Waals surface area (Å²) in [6, 6.07) is 0. The van der Waals surface area contributed by atoms with Crippen molar-refractivity contribution in [1.29, 1.82) is 0 Å². The average Bonchev–Trinajstić information content (AvgIpc) is 2.14. The quantitative estimate of drug-likeness (QED) is 0.396. The minimum atomic E-state index is -0.575. The number of nitrogens with zero attached hydrogens (tertiary/aromatic N) is 1. The number of aliphatic hydroxyl groups is 1. The molecule has 0 aromatic rings. The smallest absolute Gasteiger partial charge is 0.0870 e. The molecule has 0 rings (SSSR count). The van der Waals surface area contributed by atoms with Gasteiger partial charge in [-0.3, -0.25) is 4.99 Å².